The number of fused-ring (bicyclic) bond motifs is 1. The summed E-state index contributed by atoms with van der Waals surface area (Å²) in [7, 11) is 0. The fourth-order valence-corrected chi connectivity index (χ4v) is 3.03. The molecule has 0 fully saturated rings. The minimum atomic E-state index is -0.604. The quantitative estimate of drug-likeness (QED) is 0.285. The molecule has 0 aliphatic carbocycles. The SMILES string of the molecule is O=C1OC(c2ccc([N+](=O)[O-])cc2Cl)=N/C1=C\c1ccc2ccccc2c1. The van der Waals surface area contributed by atoms with Crippen LogP contribution in [0.5, 0.6) is 0 Å². The number of rotatable bonds is 3. The van der Waals surface area contributed by atoms with Gasteiger partial charge < -0.3 is 4.74 Å². The summed E-state index contributed by atoms with van der Waals surface area (Å²) in [6.07, 6.45) is 1.63. The molecule has 0 unspecified atom stereocenters. The van der Waals surface area contributed by atoms with Gasteiger partial charge in [-0.15, -0.1) is 0 Å². The van der Waals surface area contributed by atoms with Crippen molar-refractivity contribution in [3.05, 3.63) is 92.6 Å². The van der Waals surface area contributed by atoms with Crippen LogP contribution in [-0.2, 0) is 9.53 Å². The summed E-state index contributed by atoms with van der Waals surface area (Å²) in [5.74, 6) is -0.584. The lowest BCUT2D eigenvalue weighted by Crippen LogP contribution is -2.06. The molecule has 4 rings (SSSR count). The lowest BCUT2D eigenvalue weighted by atomic mass is 10.1. The molecule has 0 saturated carbocycles. The molecule has 0 spiro atoms. The fraction of sp³-hybridized carbons (Fsp3) is 0. The highest BCUT2D eigenvalue weighted by Gasteiger charge is 2.26. The number of cyclic esters (lactones) is 1. The maximum absolute atomic E-state index is 12.2. The van der Waals surface area contributed by atoms with Gasteiger partial charge in [0.05, 0.1) is 15.5 Å². The third-order valence-electron chi connectivity index (χ3n) is 4.09. The molecule has 0 bridgehead atoms. The van der Waals surface area contributed by atoms with Crippen molar-refractivity contribution in [1.82, 2.24) is 0 Å². The van der Waals surface area contributed by atoms with Crippen molar-refractivity contribution in [1.29, 1.82) is 0 Å². The lowest BCUT2D eigenvalue weighted by molar-refractivity contribution is -0.384. The van der Waals surface area contributed by atoms with E-state index >= 15 is 0 Å². The molecule has 27 heavy (non-hydrogen) atoms. The Balaban J connectivity index is 1.70. The number of carbonyl (C=O) groups is 1. The lowest BCUT2D eigenvalue weighted by Gasteiger charge is -2.02. The van der Waals surface area contributed by atoms with E-state index in [1.807, 2.05) is 42.5 Å². The van der Waals surface area contributed by atoms with Crippen LogP contribution in [0.3, 0.4) is 0 Å². The first-order valence-corrected chi connectivity index (χ1v) is 8.35. The van der Waals surface area contributed by atoms with E-state index in [1.54, 1.807) is 6.08 Å². The van der Waals surface area contributed by atoms with E-state index in [4.69, 9.17) is 16.3 Å². The fourth-order valence-electron chi connectivity index (χ4n) is 2.77. The van der Waals surface area contributed by atoms with Crippen LogP contribution in [0.2, 0.25) is 5.02 Å². The first-order chi connectivity index (χ1) is 13.0. The molecule has 0 amide bonds. The number of aliphatic imine (C=N–C) groups is 1. The molecule has 0 N–H and O–H groups in total. The second kappa shape index (κ2) is 6.66. The Morgan fingerprint density at radius 1 is 1.04 bits per heavy atom. The number of esters is 1. The smallest absolute Gasteiger partial charge is 0.363 e. The van der Waals surface area contributed by atoms with Crippen LogP contribution in [0, 0.1) is 10.1 Å². The van der Waals surface area contributed by atoms with Crippen molar-refractivity contribution in [3.8, 4) is 0 Å². The number of non-ortho nitro benzene ring substituents is 1. The first kappa shape index (κ1) is 16.9. The van der Waals surface area contributed by atoms with Crippen LogP contribution < -0.4 is 0 Å². The molecule has 1 aliphatic heterocycles. The van der Waals surface area contributed by atoms with Gasteiger partial charge in [0.25, 0.3) is 5.69 Å². The van der Waals surface area contributed by atoms with Crippen molar-refractivity contribution < 1.29 is 14.5 Å². The van der Waals surface area contributed by atoms with Crippen molar-refractivity contribution in [2.45, 2.75) is 0 Å². The second-order valence-corrected chi connectivity index (χ2v) is 6.27. The van der Waals surface area contributed by atoms with Gasteiger partial charge in [-0.05, 0) is 34.5 Å². The van der Waals surface area contributed by atoms with Gasteiger partial charge in [0.15, 0.2) is 5.70 Å². The Morgan fingerprint density at radius 2 is 1.81 bits per heavy atom. The van der Waals surface area contributed by atoms with E-state index in [0.29, 0.717) is 5.56 Å². The monoisotopic (exact) mass is 378 g/mol. The van der Waals surface area contributed by atoms with Crippen LogP contribution in [0.1, 0.15) is 11.1 Å². The summed E-state index contributed by atoms with van der Waals surface area (Å²) in [4.78, 5) is 26.6. The minimum Gasteiger partial charge on any atom is -0.402 e. The van der Waals surface area contributed by atoms with Gasteiger partial charge in [-0.3, -0.25) is 10.1 Å². The van der Waals surface area contributed by atoms with Crippen molar-refractivity contribution in [2.75, 3.05) is 0 Å². The average Bonchev–Trinajstić information content (AvgIpc) is 3.01. The van der Waals surface area contributed by atoms with Gasteiger partial charge in [0.2, 0.25) is 5.90 Å². The van der Waals surface area contributed by atoms with Crippen LogP contribution in [0.15, 0.2) is 71.4 Å². The Morgan fingerprint density at radius 3 is 2.56 bits per heavy atom. The molecule has 3 aromatic rings. The van der Waals surface area contributed by atoms with Crippen LogP contribution in [-0.4, -0.2) is 16.8 Å². The second-order valence-electron chi connectivity index (χ2n) is 5.86. The van der Waals surface area contributed by atoms with E-state index in [2.05, 4.69) is 4.99 Å². The van der Waals surface area contributed by atoms with Crippen LogP contribution in [0.25, 0.3) is 16.8 Å². The van der Waals surface area contributed by atoms with Gasteiger partial charge >= 0.3 is 5.97 Å². The Labute approximate surface area is 158 Å². The highest BCUT2D eigenvalue weighted by molar-refractivity contribution is 6.34. The number of benzene rings is 3. The Kier molecular flexibility index (Phi) is 4.18. The number of halogens is 1. The zero-order valence-electron chi connectivity index (χ0n) is 13.8. The Bertz CT molecular complexity index is 1170. The number of ether oxygens (including phenoxy) is 1. The molecule has 1 heterocycles. The van der Waals surface area contributed by atoms with Crippen LogP contribution >= 0.6 is 11.6 Å². The van der Waals surface area contributed by atoms with E-state index in [0.717, 1.165) is 16.3 Å². The predicted molar refractivity (Wildman–Crippen MR) is 103 cm³/mol. The molecule has 132 valence electrons. The van der Waals surface area contributed by atoms with Gasteiger partial charge in [-0.1, -0.05) is 48.0 Å². The first-order valence-electron chi connectivity index (χ1n) is 7.97. The van der Waals surface area contributed by atoms with Crippen molar-refractivity contribution in [2.24, 2.45) is 4.99 Å². The maximum Gasteiger partial charge on any atom is 0.363 e. The van der Waals surface area contributed by atoms with Crippen LogP contribution in [0.4, 0.5) is 5.69 Å². The van der Waals surface area contributed by atoms with E-state index in [-0.39, 0.29) is 22.3 Å². The Hall–Kier alpha value is -3.51. The molecule has 6 nitrogen and oxygen atoms in total. The van der Waals surface area contributed by atoms with Gasteiger partial charge in [0.1, 0.15) is 0 Å². The number of carbonyl (C=O) groups excluding carboxylic acids is 1. The number of nitro benzene ring substituents is 1. The van der Waals surface area contributed by atoms with E-state index in [9.17, 15) is 14.9 Å². The highest BCUT2D eigenvalue weighted by Crippen LogP contribution is 2.27. The molecular formula is C20H11ClN2O4. The summed E-state index contributed by atoms with van der Waals surface area (Å²) >= 11 is 6.08. The number of nitrogens with zero attached hydrogens (tertiary/aromatic N) is 2. The number of hydrogen-bond acceptors (Lipinski definition) is 5. The normalized spacial score (nSPS) is 15.1. The van der Waals surface area contributed by atoms with Crippen molar-refractivity contribution in [3.63, 3.8) is 0 Å². The summed E-state index contributed by atoms with van der Waals surface area (Å²) in [6, 6.07) is 17.6. The topological polar surface area (TPSA) is 81.8 Å². The van der Waals surface area contributed by atoms with Crippen molar-refractivity contribution >= 4 is 46.0 Å². The standard InChI is InChI=1S/C20H11ClN2O4/c21-17-11-15(23(25)26)7-8-16(17)19-22-18(20(24)27-19)10-12-5-6-13-3-1-2-4-14(13)9-12/h1-11H/b18-10-. The molecule has 0 saturated heterocycles. The van der Waals surface area contributed by atoms with Gasteiger partial charge in [0, 0.05) is 12.1 Å². The molecule has 1 aliphatic rings. The molecule has 0 aromatic heterocycles. The molecule has 0 atom stereocenters. The van der Waals surface area contributed by atoms with E-state index < -0.39 is 10.9 Å². The van der Waals surface area contributed by atoms with Gasteiger partial charge in [-0.2, -0.15) is 0 Å². The third-order valence-corrected chi connectivity index (χ3v) is 4.40. The zero-order valence-corrected chi connectivity index (χ0v) is 14.5. The summed E-state index contributed by atoms with van der Waals surface area (Å²) in [5, 5.41) is 13.0. The average molecular weight is 379 g/mol. The zero-order chi connectivity index (χ0) is 19.0. The highest BCUT2D eigenvalue weighted by atomic mass is 35.5. The molecule has 7 heteroatoms. The van der Waals surface area contributed by atoms with Gasteiger partial charge in [-0.25, -0.2) is 9.79 Å². The molecular weight excluding hydrogens is 368 g/mol. The largest absolute Gasteiger partial charge is 0.402 e. The number of hydrogen-bond donors (Lipinski definition) is 0. The maximum atomic E-state index is 12.2. The summed E-state index contributed by atoms with van der Waals surface area (Å²) in [5.41, 5.74) is 1.10. The summed E-state index contributed by atoms with van der Waals surface area (Å²) < 4.78 is 5.19. The molecule has 0 radical (unpaired) electrons. The minimum absolute atomic E-state index is 0.0203. The molecule has 3 aromatic carbocycles. The third kappa shape index (κ3) is 3.30. The number of nitro groups is 1. The predicted octanol–water partition coefficient (Wildman–Crippen LogP) is 4.75. The van der Waals surface area contributed by atoms with E-state index in [1.165, 1.54) is 18.2 Å². The summed E-state index contributed by atoms with van der Waals surface area (Å²) in [6.45, 7) is 0.